The summed E-state index contributed by atoms with van der Waals surface area (Å²) in [7, 11) is 0. The van der Waals surface area contributed by atoms with Crippen LogP contribution in [0, 0.1) is 6.92 Å². The number of rotatable bonds is 7. The van der Waals surface area contributed by atoms with Gasteiger partial charge in [-0.15, -0.1) is 0 Å². The first-order valence-corrected chi connectivity index (χ1v) is 16.4. The third-order valence-electron chi connectivity index (χ3n) is 8.67. The standard InChI is InChI=1S/C45H32N4/c1-31-25-26-36(39-29-41(32-15-6-2-7-16-32)46-42(30-39)33-17-8-3-9-18-33)28-40(31)37-23-14-24-38(27-37)45-48-43(34-19-10-4-11-20-34)47-44(49-45)35-21-12-5-13-22-35/h2-30H,1H3. The molecule has 0 radical (unpaired) electrons. The van der Waals surface area contributed by atoms with E-state index < -0.39 is 0 Å². The zero-order valence-corrected chi connectivity index (χ0v) is 27.0. The molecule has 0 bridgehead atoms. The van der Waals surface area contributed by atoms with Crippen LogP contribution in [-0.4, -0.2) is 19.9 Å². The quantitative estimate of drug-likeness (QED) is 0.176. The van der Waals surface area contributed by atoms with Gasteiger partial charge in [0.05, 0.1) is 11.4 Å². The number of pyridine rings is 1. The van der Waals surface area contributed by atoms with Gasteiger partial charge in [-0.3, -0.25) is 0 Å². The number of nitrogens with zero attached hydrogens (tertiary/aromatic N) is 4. The monoisotopic (exact) mass is 628 g/mol. The highest BCUT2D eigenvalue weighted by Gasteiger charge is 2.15. The van der Waals surface area contributed by atoms with E-state index >= 15 is 0 Å². The van der Waals surface area contributed by atoms with Crippen LogP contribution in [0.15, 0.2) is 176 Å². The predicted molar refractivity (Wildman–Crippen MR) is 200 cm³/mol. The van der Waals surface area contributed by atoms with E-state index in [0.717, 1.165) is 61.5 Å². The van der Waals surface area contributed by atoms with E-state index in [0.29, 0.717) is 17.5 Å². The van der Waals surface area contributed by atoms with E-state index in [1.54, 1.807) is 0 Å². The van der Waals surface area contributed by atoms with Gasteiger partial charge in [-0.25, -0.2) is 19.9 Å². The molecule has 0 aliphatic carbocycles. The van der Waals surface area contributed by atoms with Gasteiger partial charge in [-0.2, -0.15) is 0 Å². The first-order chi connectivity index (χ1) is 24.2. The first-order valence-electron chi connectivity index (χ1n) is 16.4. The molecule has 0 atom stereocenters. The number of hydrogen-bond acceptors (Lipinski definition) is 4. The van der Waals surface area contributed by atoms with Crippen LogP contribution in [0.2, 0.25) is 0 Å². The maximum Gasteiger partial charge on any atom is 0.164 e. The lowest BCUT2D eigenvalue weighted by Gasteiger charge is -2.14. The van der Waals surface area contributed by atoms with Crippen molar-refractivity contribution in [3.63, 3.8) is 0 Å². The van der Waals surface area contributed by atoms with Gasteiger partial charge in [0.25, 0.3) is 0 Å². The maximum atomic E-state index is 5.08. The number of aromatic nitrogens is 4. The average molecular weight is 629 g/mol. The zero-order valence-electron chi connectivity index (χ0n) is 27.0. The van der Waals surface area contributed by atoms with Crippen molar-refractivity contribution in [2.24, 2.45) is 0 Å². The van der Waals surface area contributed by atoms with E-state index in [-0.39, 0.29) is 0 Å². The minimum absolute atomic E-state index is 0.637. The summed E-state index contributed by atoms with van der Waals surface area (Å²) >= 11 is 0. The van der Waals surface area contributed by atoms with Crippen molar-refractivity contribution in [3.05, 3.63) is 181 Å². The topological polar surface area (TPSA) is 51.6 Å². The molecule has 0 unspecified atom stereocenters. The fourth-order valence-corrected chi connectivity index (χ4v) is 6.09. The van der Waals surface area contributed by atoms with Crippen LogP contribution >= 0.6 is 0 Å². The van der Waals surface area contributed by atoms with Crippen LogP contribution < -0.4 is 0 Å². The van der Waals surface area contributed by atoms with Crippen LogP contribution in [0.25, 0.3) is 78.9 Å². The number of aryl methyl sites for hydroxylation is 1. The van der Waals surface area contributed by atoms with E-state index in [1.165, 1.54) is 5.56 Å². The third-order valence-corrected chi connectivity index (χ3v) is 8.67. The van der Waals surface area contributed by atoms with Crippen molar-refractivity contribution in [2.75, 3.05) is 0 Å². The van der Waals surface area contributed by atoms with Gasteiger partial charge in [0, 0.05) is 27.8 Å². The Morgan fingerprint density at radius 3 is 1.22 bits per heavy atom. The normalized spacial score (nSPS) is 11.0. The summed E-state index contributed by atoms with van der Waals surface area (Å²) < 4.78 is 0. The van der Waals surface area contributed by atoms with Gasteiger partial charge in [-0.05, 0) is 59.0 Å². The van der Waals surface area contributed by atoms with Crippen LogP contribution in [0.3, 0.4) is 0 Å². The smallest absolute Gasteiger partial charge is 0.164 e. The largest absolute Gasteiger partial charge is 0.248 e. The van der Waals surface area contributed by atoms with Gasteiger partial charge < -0.3 is 0 Å². The van der Waals surface area contributed by atoms with Crippen molar-refractivity contribution >= 4 is 0 Å². The Morgan fingerprint density at radius 1 is 0.286 bits per heavy atom. The fourth-order valence-electron chi connectivity index (χ4n) is 6.09. The molecule has 49 heavy (non-hydrogen) atoms. The van der Waals surface area contributed by atoms with Gasteiger partial charge in [-0.1, -0.05) is 152 Å². The molecule has 0 N–H and O–H groups in total. The molecule has 232 valence electrons. The van der Waals surface area contributed by atoms with E-state index in [1.807, 2.05) is 72.8 Å². The Morgan fingerprint density at radius 2 is 0.714 bits per heavy atom. The summed E-state index contributed by atoms with van der Waals surface area (Å²) in [4.78, 5) is 19.9. The Balaban J connectivity index is 1.23. The van der Waals surface area contributed by atoms with Crippen molar-refractivity contribution in [2.45, 2.75) is 6.92 Å². The molecule has 2 heterocycles. The molecule has 0 saturated carbocycles. The fraction of sp³-hybridized carbons (Fsp3) is 0.0222. The van der Waals surface area contributed by atoms with Crippen molar-refractivity contribution in [1.82, 2.24) is 19.9 Å². The summed E-state index contributed by atoms with van der Waals surface area (Å²) in [5, 5.41) is 0. The molecule has 2 aromatic heterocycles. The molecule has 8 rings (SSSR count). The molecule has 4 heteroatoms. The SMILES string of the molecule is Cc1ccc(-c2cc(-c3ccccc3)nc(-c3ccccc3)c2)cc1-c1cccc(-c2nc(-c3ccccc3)nc(-c3ccccc3)n2)c1. The second-order valence-electron chi connectivity index (χ2n) is 12.0. The Hall–Kier alpha value is -6.52. The second-order valence-corrected chi connectivity index (χ2v) is 12.0. The average Bonchev–Trinajstić information content (AvgIpc) is 3.19. The summed E-state index contributed by atoms with van der Waals surface area (Å²) in [6, 6.07) is 60.5. The van der Waals surface area contributed by atoms with Gasteiger partial charge >= 0.3 is 0 Å². The van der Waals surface area contributed by atoms with Crippen molar-refractivity contribution in [1.29, 1.82) is 0 Å². The summed E-state index contributed by atoms with van der Waals surface area (Å²) in [6.07, 6.45) is 0. The molecule has 0 saturated heterocycles. The first kappa shape index (κ1) is 29.9. The molecular weight excluding hydrogens is 597 g/mol. The zero-order chi connectivity index (χ0) is 33.0. The van der Waals surface area contributed by atoms with Crippen LogP contribution in [0.4, 0.5) is 0 Å². The minimum Gasteiger partial charge on any atom is -0.248 e. The molecule has 0 aliphatic heterocycles. The molecule has 8 aromatic rings. The third kappa shape index (κ3) is 6.40. The lowest BCUT2D eigenvalue weighted by atomic mass is 9.93. The highest BCUT2D eigenvalue weighted by Crippen LogP contribution is 2.35. The Labute approximate surface area is 286 Å². The lowest BCUT2D eigenvalue weighted by Crippen LogP contribution is -2.00. The molecule has 0 amide bonds. The van der Waals surface area contributed by atoms with Crippen LogP contribution in [-0.2, 0) is 0 Å². The predicted octanol–water partition coefficient (Wildman–Crippen LogP) is 11.2. The van der Waals surface area contributed by atoms with Crippen LogP contribution in [0.5, 0.6) is 0 Å². The molecule has 4 nitrogen and oxygen atoms in total. The number of hydrogen-bond donors (Lipinski definition) is 0. The Bertz CT molecular complexity index is 2260. The minimum atomic E-state index is 0.637. The highest BCUT2D eigenvalue weighted by atomic mass is 15.0. The summed E-state index contributed by atoms with van der Waals surface area (Å²) in [6.45, 7) is 2.16. The van der Waals surface area contributed by atoms with E-state index in [9.17, 15) is 0 Å². The second kappa shape index (κ2) is 13.3. The Kier molecular flexibility index (Phi) is 8.11. The molecule has 0 spiro atoms. The highest BCUT2D eigenvalue weighted by molar-refractivity contribution is 5.82. The number of benzene rings is 6. The van der Waals surface area contributed by atoms with E-state index in [2.05, 4.69) is 110 Å². The molecular formula is C45H32N4. The summed E-state index contributed by atoms with van der Waals surface area (Å²) in [5.74, 6) is 1.93. The molecule has 6 aromatic carbocycles. The molecule has 0 fully saturated rings. The van der Waals surface area contributed by atoms with Gasteiger partial charge in [0.1, 0.15) is 0 Å². The van der Waals surface area contributed by atoms with Crippen molar-refractivity contribution in [3.8, 4) is 78.9 Å². The van der Waals surface area contributed by atoms with E-state index in [4.69, 9.17) is 19.9 Å². The van der Waals surface area contributed by atoms with Gasteiger partial charge in [0.15, 0.2) is 17.5 Å². The maximum absolute atomic E-state index is 5.08. The van der Waals surface area contributed by atoms with Crippen LogP contribution in [0.1, 0.15) is 5.56 Å². The van der Waals surface area contributed by atoms with Crippen molar-refractivity contribution < 1.29 is 0 Å². The lowest BCUT2D eigenvalue weighted by molar-refractivity contribution is 1.07. The molecule has 0 aliphatic rings. The summed E-state index contributed by atoms with van der Waals surface area (Å²) in [5.41, 5.74) is 12.6. The van der Waals surface area contributed by atoms with Gasteiger partial charge in [0.2, 0.25) is 0 Å².